The number of hydrogen-bond acceptors (Lipinski definition) is 6. The first-order valence-corrected chi connectivity index (χ1v) is 11.4. The van der Waals surface area contributed by atoms with Gasteiger partial charge in [0.25, 0.3) is 0 Å². The molecule has 0 saturated carbocycles. The number of carbonyl (C=O) groups is 2. The van der Waals surface area contributed by atoms with Gasteiger partial charge in [-0.05, 0) is 48.7 Å². The minimum atomic E-state index is -0.597. The highest BCUT2D eigenvalue weighted by molar-refractivity contribution is 9.10. The molecule has 0 bridgehead atoms. The van der Waals surface area contributed by atoms with E-state index in [2.05, 4.69) is 20.9 Å². The number of nitrogens with zero attached hydrogens (tertiary/aromatic N) is 2. The van der Waals surface area contributed by atoms with Gasteiger partial charge in [-0.25, -0.2) is 9.79 Å². The second-order valence-corrected chi connectivity index (χ2v) is 9.29. The van der Waals surface area contributed by atoms with Crippen LogP contribution in [0.2, 0.25) is 0 Å². The number of hydrogen-bond donors (Lipinski definition) is 0. The zero-order valence-corrected chi connectivity index (χ0v) is 19.7. The second kappa shape index (κ2) is 8.88. The smallest absolute Gasteiger partial charge is 0.338 e. The Morgan fingerprint density at radius 3 is 2.42 bits per heavy atom. The lowest BCUT2D eigenvalue weighted by Gasteiger charge is -2.32. The van der Waals surface area contributed by atoms with Crippen LogP contribution in [0, 0.1) is 0 Å². The SMILES string of the molecule is COC(=O)C1=C(C)N=C2SC(Cc3ccc(Br)cc3)C(=O)N2C1c1ccc(OC)cc1. The third-order valence-corrected chi connectivity index (χ3v) is 7.00. The van der Waals surface area contributed by atoms with Gasteiger partial charge in [0.05, 0.1) is 36.8 Å². The average Bonchev–Trinajstić information content (AvgIpc) is 3.08. The predicted molar refractivity (Wildman–Crippen MR) is 124 cm³/mol. The molecule has 2 aliphatic rings. The molecule has 2 atom stereocenters. The third kappa shape index (κ3) is 4.14. The molecule has 2 aromatic rings. The molecule has 2 aliphatic heterocycles. The number of halogens is 1. The number of rotatable bonds is 5. The molecule has 31 heavy (non-hydrogen) atoms. The number of methoxy groups -OCH3 is 2. The third-order valence-electron chi connectivity index (χ3n) is 5.32. The van der Waals surface area contributed by atoms with Crippen LogP contribution in [-0.2, 0) is 20.7 Å². The molecule has 1 amide bonds. The predicted octanol–water partition coefficient (Wildman–Crippen LogP) is 4.50. The fraction of sp³-hybridized carbons (Fsp3) is 0.261. The number of amidine groups is 1. The summed E-state index contributed by atoms with van der Waals surface area (Å²) in [6, 6.07) is 14.7. The maximum absolute atomic E-state index is 13.5. The number of aliphatic imine (C=N–C) groups is 1. The van der Waals surface area contributed by atoms with Crippen LogP contribution >= 0.6 is 27.7 Å². The molecule has 0 radical (unpaired) electrons. The zero-order chi connectivity index (χ0) is 22.1. The summed E-state index contributed by atoms with van der Waals surface area (Å²) < 4.78 is 11.3. The molecule has 0 aromatic heterocycles. The maximum Gasteiger partial charge on any atom is 0.338 e. The van der Waals surface area contributed by atoms with Crippen LogP contribution in [-0.4, -0.2) is 41.4 Å². The van der Waals surface area contributed by atoms with Gasteiger partial charge in [-0.3, -0.25) is 9.69 Å². The summed E-state index contributed by atoms with van der Waals surface area (Å²) in [5.74, 6) is 0.140. The molecule has 2 unspecified atom stereocenters. The molecule has 1 fully saturated rings. The van der Waals surface area contributed by atoms with Gasteiger partial charge in [-0.2, -0.15) is 0 Å². The second-order valence-electron chi connectivity index (χ2n) is 7.21. The van der Waals surface area contributed by atoms with Crippen molar-refractivity contribution in [3.8, 4) is 5.75 Å². The monoisotopic (exact) mass is 500 g/mol. The van der Waals surface area contributed by atoms with Gasteiger partial charge >= 0.3 is 5.97 Å². The number of amides is 1. The highest BCUT2D eigenvalue weighted by Gasteiger charge is 2.47. The van der Waals surface area contributed by atoms with Gasteiger partial charge in [0.1, 0.15) is 5.75 Å². The van der Waals surface area contributed by atoms with Crippen LogP contribution in [0.25, 0.3) is 0 Å². The van der Waals surface area contributed by atoms with Crippen molar-refractivity contribution in [2.75, 3.05) is 14.2 Å². The Bertz CT molecular complexity index is 1080. The number of ether oxygens (including phenoxy) is 2. The summed E-state index contributed by atoms with van der Waals surface area (Å²) in [6.07, 6.45) is 0.578. The molecule has 1 saturated heterocycles. The van der Waals surface area contributed by atoms with Crippen molar-refractivity contribution in [2.24, 2.45) is 4.99 Å². The molecule has 0 N–H and O–H groups in total. The molecule has 0 spiro atoms. The molecule has 6 nitrogen and oxygen atoms in total. The van der Waals surface area contributed by atoms with Crippen molar-refractivity contribution in [2.45, 2.75) is 24.6 Å². The molecular weight excluding hydrogens is 480 g/mol. The highest BCUT2D eigenvalue weighted by Crippen LogP contribution is 2.44. The van der Waals surface area contributed by atoms with Crippen molar-refractivity contribution < 1.29 is 19.1 Å². The van der Waals surface area contributed by atoms with E-state index in [0.717, 1.165) is 15.6 Å². The van der Waals surface area contributed by atoms with Crippen LogP contribution < -0.4 is 4.74 Å². The Morgan fingerprint density at radius 2 is 1.81 bits per heavy atom. The number of allylic oxidation sites excluding steroid dienone is 1. The van der Waals surface area contributed by atoms with Gasteiger partial charge in [-0.15, -0.1) is 0 Å². The van der Waals surface area contributed by atoms with E-state index >= 15 is 0 Å². The largest absolute Gasteiger partial charge is 0.497 e. The van der Waals surface area contributed by atoms with E-state index in [9.17, 15) is 9.59 Å². The Kier molecular flexibility index (Phi) is 6.20. The van der Waals surface area contributed by atoms with Crippen molar-refractivity contribution in [1.29, 1.82) is 0 Å². The summed E-state index contributed by atoms with van der Waals surface area (Å²) in [4.78, 5) is 32.4. The van der Waals surface area contributed by atoms with Crippen molar-refractivity contribution in [1.82, 2.24) is 4.90 Å². The lowest BCUT2D eigenvalue weighted by atomic mass is 9.94. The number of thioether (sulfide) groups is 1. The minimum Gasteiger partial charge on any atom is -0.497 e. The van der Waals surface area contributed by atoms with Gasteiger partial charge in [0.15, 0.2) is 5.17 Å². The summed E-state index contributed by atoms with van der Waals surface area (Å²) in [5.41, 5.74) is 2.79. The molecule has 160 valence electrons. The Hall–Kier alpha value is -2.58. The van der Waals surface area contributed by atoms with E-state index in [0.29, 0.717) is 28.6 Å². The molecular formula is C23H21BrN2O4S. The molecule has 2 heterocycles. The Morgan fingerprint density at radius 1 is 1.13 bits per heavy atom. The highest BCUT2D eigenvalue weighted by atomic mass is 79.9. The van der Waals surface area contributed by atoms with Crippen LogP contribution in [0.1, 0.15) is 24.1 Å². The standard InChI is InChI=1S/C23H21BrN2O4S/c1-13-19(22(28)30-3)20(15-6-10-17(29-2)11-7-15)26-21(27)18(31-23(26)25-13)12-14-4-8-16(24)9-5-14/h4-11,18,20H,12H2,1-3H3. The molecule has 2 aromatic carbocycles. The fourth-order valence-electron chi connectivity index (χ4n) is 3.77. The van der Waals surface area contributed by atoms with Gasteiger partial charge < -0.3 is 9.47 Å². The van der Waals surface area contributed by atoms with Crippen molar-refractivity contribution in [3.63, 3.8) is 0 Å². The fourth-order valence-corrected chi connectivity index (χ4v) is 5.27. The first-order valence-electron chi connectivity index (χ1n) is 9.68. The van der Waals surface area contributed by atoms with Gasteiger partial charge in [0.2, 0.25) is 5.91 Å². The van der Waals surface area contributed by atoms with E-state index < -0.39 is 12.0 Å². The van der Waals surface area contributed by atoms with Crippen LogP contribution in [0.4, 0.5) is 0 Å². The average molecular weight is 501 g/mol. The topological polar surface area (TPSA) is 68.2 Å². The summed E-state index contributed by atoms with van der Waals surface area (Å²) >= 11 is 4.88. The van der Waals surface area contributed by atoms with Crippen molar-refractivity contribution >= 4 is 44.7 Å². The normalized spacial score (nSPS) is 20.5. The van der Waals surface area contributed by atoms with E-state index in [1.54, 1.807) is 18.9 Å². The minimum absolute atomic E-state index is 0.0682. The number of fused-ring (bicyclic) bond motifs is 1. The quantitative estimate of drug-likeness (QED) is 0.565. The number of benzene rings is 2. The summed E-state index contributed by atoms with van der Waals surface area (Å²) in [6.45, 7) is 1.78. The molecule has 4 rings (SSSR count). The number of esters is 1. The first-order chi connectivity index (χ1) is 14.9. The summed E-state index contributed by atoms with van der Waals surface area (Å²) in [5, 5.41) is 0.295. The van der Waals surface area contributed by atoms with E-state index in [-0.39, 0.29) is 11.2 Å². The molecule has 0 aliphatic carbocycles. The maximum atomic E-state index is 13.5. The van der Waals surface area contributed by atoms with E-state index in [1.807, 2.05) is 48.5 Å². The Labute approximate surface area is 193 Å². The van der Waals surface area contributed by atoms with Gasteiger partial charge in [0, 0.05) is 4.47 Å². The lowest BCUT2D eigenvalue weighted by Crippen LogP contribution is -2.41. The summed E-state index contributed by atoms with van der Waals surface area (Å²) in [7, 11) is 2.93. The van der Waals surface area contributed by atoms with Crippen LogP contribution in [0.5, 0.6) is 5.75 Å². The first kappa shape index (κ1) is 21.6. The zero-order valence-electron chi connectivity index (χ0n) is 17.3. The van der Waals surface area contributed by atoms with Gasteiger partial charge in [-0.1, -0.05) is 52.0 Å². The Balaban J connectivity index is 1.72. The van der Waals surface area contributed by atoms with Crippen LogP contribution in [0.15, 0.2) is 69.3 Å². The van der Waals surface area contributed by atoms with Crippen molar-refractivity contribution in [3.05, 3.63) is 75.4 Å². The number of carbonyl (C=O) groups excluding carboxylic acids is 2. The van der Waals surface area contributed by atoms with E-state index in [4.69, 9.17) is 9.47 Å². The van der Waals surface area contributed by atoms with E-state index in [1.165, 1.54) is 18.9 Å². The lowest BCUT2D eigenvalue weighted by molar-refractivity contribution is -0.137. The van der Waals surface area contributed by atoms with Crippen LogP contribution in [0.3, 0.4) is 0 Å². The molecule has 8 heteroatoms.